The Labute approximate surface area is 149 Å². The Morgan fingerprint density at radius 3 is 1.32 bits per heavy atom. The highest BCUT2D eigenvalue weighted by Crippen LogP contribution is 2.33. The molecule has 0 aliphatic carbocycles. The number of hydrogen-bond acceptors (Lipinski definition) is 4. The maximum Gasteiger partial charge on any atom is 0.128 e. The molecular weight excluding hydrogens is 316 g/mol. The lowest BCUT2D eigenvalue weighted by atomic mass is 9.90. The molecule has 0 saturated heterocycles. The van der Waals surface area contributed by atoms with Crippen molar-refractivity contribution in [1.82, 2.24) is 0 Å². The Kier molecular flexibility index (Phi) is 5.01. The number of benzene rings is 2. The first kappa shape index (κ1) is 19.4. The fourth-order valence-corrected chi connectivity index (χ4v) is 2.43. The van der Waals surface area contributed by atoms with E-state index in [0.717, 1.165) is 5.56 Å². The molecule has 4 heteroatoms. The highest BCUT2D eigenvalue weighted by molar-refractivity contribution is 5.42. The molecule has 0 spiro atoms. The summed E-state index contributed by atoms with van der Waals surface area (Å²) in [5.41, 5.74) is -0.894. The van der Waals surface area contributed by atoms with E-state index >= 15 is 0 Å². The summed E-state index contributed by atoms with van der Waals surface area (Å²) >= 11 is 0. The zero-order valence-electron chi connectivity index (χ0n) is 15.8. The molecule has 0 fully saturated rings. The predicted octanol–water partition coefficient (Wildman–Crippen LogP) is 4.16. The molecule has 0 aliphatic rings. The molecular formula is C21H28O4. The van der Waals surface area contributed by atoms with E-state index in [1.54, 1.807) is 71.9 Å². The van der Waals surface area contributed by atoms with Gasteiger partial charge in [0.05, 0.1) is 16.8 Å². The summed E-state index contributed by atoms with van der Waals surface area (Å²) in [6, 6.07) is 12.5. The maximum absolute atomic E-state index is 10.3. The third-order valence-electron chi connectivity index (χ3n) is 4.12. The summed E-state index contributed by atoms with van der Waals surface area (Å²) in [4.78, 5) is 0. The van der Waals surface area contributed by atoms with Crippen molar-refractivity contribution in [3.63, 3.8) is 0 Å². The van der Waals surface area contributed by atoms with Crippen LogP contribution >= 0.6 is 0 Å². The fraction of sp³-hybridized carbons (Fsp3) is 0.429. The second-order valence-electron chi connectivity index (χ2n) is 8.05. The second-order valence-corrected chi connectivity index (χ2v) is 8.05. The van der Waals surface area contributed by atoms with Crippen molar-refractivity contribution < 1.29 is 20.1 Å². The minimum Gasteiger partial charge on any atom is -0.457 e. The topological polar surface area (TPSA) is 69.9 Å². The molecule has 0 radical (unpaired) electrons. The number of rotatable bonds is 5. The molecule has 136 valence electrons. The van der Waals surface area contributed by atoms with Crippen molar-refractivity contribution in [2.24, 2.45) is 0 Å². The summed E-state index contributed by atoms with van der Waals surface area (Å²) in [5.74, 6) is 1.15. The smallest absolute Gasteiger partial charge is 0.128 e. The predicted molar refractivity (Wildman–Crippen MR) is 98.7 cm³/mol. The standard InChI is InChI=1S/C21H28O4/c1-19(2,22)14-7-9-17(10-8-14)25-18-12-15(20(3,4)23)11-16(13-18)21(5,6)24/h7-13,22-24H,1-6H3. The van der Waals surface area contributed by atoms with Crippen LogP contribution in [0, 0.1) is 0 Å². The second kappa shape index (κ2) is 6.45. The molecule has 0 atom stereocenters. The van der Waals surface area contributed by atoms with Gasteiger partial charge in [-0.25, -0.2) is 0 Å². The Morgan fingerprint density at radius 1 is 0.560 bits per heavy atom. The van der Waals surface area contributed by atoms with Crippen LogP contribution in [0.2, 0.25) is 0 Å². The van der Waals surface area contributed by atoms with Crippen LogP contribution in [0.1, 0.15) is 58.2 Å². The van der Waals surface area contributed by atoms with Gasteiger partial charge in [-0.2, -0.15) is 0 Å². The average molecular weight is 344 g/mol. The van der Waals surface area contributed by atoms with Gasteiger partial charge >= 0.3 is 0 Å². The van der Waals surface area contributed by atoms with Crippen molar-refractivity contribution >= 4 is 0 Å². The van der Waals surface area contributed by atoms with Gasteiger partial charge < -0.3 is 20.1 Å². The highest BCUT2D eigenvalue weighted by Gasteiger charge is 2.23. The van der Waals surface area contributed by atoms with Crippen LogP contribution in [0.15, 0.2) is 42.5 Å². The van der Waals surface area contributed by atoms with Crippen LogP contribution in [0.5, 0.6) is 11.5 Å². The summed E-state index contributed by atoms with van der Waals surface area (Å²) < 4.78 is 5.91. The lowest BCUT2D eigenvalue weighted by Crippen LogP contribution is -2.20. The van der Waals surface area contributed by atoms with Crippen LogP contribution in [0.25, 0.3) is 0 Å². The molecule has 0 heterocycles. The van der Waals surface area contributed by atoms with Crippen LogP contribution in [0.3, 0.4) is 0 Å². The molecule has 0 amide bonds. The zero-order chi connectivity index (χ0) is 19.0. The third kappa shape index (κ3) is 5.05. The largest absolute Gasteiger partial charge is 0.457 e. The Hall–Kier alpha value is -1.88. The van der Waals surface area contributed by atoms with E-state index in [0.29, 0.717) is 22.6 Å². The van der Waals surface area contributed by atoms with E-state index in [4.69, 9.17) is 4.74 Å². The first-order valence-corrected chi connectivity index (χ1v) is 8.38. The summed E-state index contributed by atoms with van der Waals surface area (Å²) in [5, 5.41) is 30.7. The minimum absolute atomic E-state index is 0.535. The maximum atomic E-state index is 10.3. The zero-order valence-corrected chi connectivity index (χ0v) is 15.8. The Balaban J connectivity index is 2.38. The van der Waals surface area contributed by atoms with Gasteiger partial charge in [0.25, 0.3) is 0 Å². The number of ether oxygens (including phenoxy) is 1. The van der Waals surface area contributed by atoms with Crippen LogP contribution in [-0.2, 0) is 16.8 Å². The monoisotopic (exact) mass is 344 g/mol. The van der Waals surface area contributed by atoms with E-state index < -0.39 is 16.8 Å². The average Bonchev–Trinajstić information content (AvgIpc) is 2.44. The normalized spacial score (nSPS) is 13.0. The molecule has 0 saturated carbocycles. The summed E-state index contributed by atoms with van der Waals surface area (Å²) in [7, 11) is 0. The van der Waals surface area contributed by atoms with Gasteiger partial charge in [-0.3, -0.25) is 0 Å². The Bertz CT molecular complexity index is 694. The van der Waals surface area contributed by atoms with Crippen molar-refractivity contribution in [3.05, 3.63) is 59.2 Å². The summed E-state index contributed by atoms with van der Waals surface area (Å²) in [6.07, 6.45) is 0. The molecule has 2 aromatic carbocycles. The van der Waals surface area contributed by atoms with Gasteiger partial charge in [-0.15, -0.1) is 0 Å². The molecule has 2 aromatic rings. The third-order valence-corrected chi connectivity index (χ3v) is 4.12. The molecule has 0 aliphatic heterocycles. The molecule has 2 rings (SSSR count). The van der Waals surface area contributed by atoms with Crippen LogP contribution < -0.4 is 4.74 Å². The van der Waals surface area contributed by atoms with E-state index in [2.05, 4.69) is 0 Å². The van der Waals surface area contributed by atoms with Crippen molar-refractivity contribution in [2.45, 2.75) is 58.3 Å². The van der Waals surface area contributed by atoms with Gasteiger partial charge in [0.2, 0.25) is 0 Å². The SMILES string of the molecule is CC(C)(O)c1ccc(Oc2cc(C(C)(C)O)cc(C(C)(C)O)c2)cc1. The van der Waals surface area contributed by atoms with E-state index in [1.165, 1.54) is 0 Å². The Morgan fingerprint density at radius 2 is 0.960 bits per heavy atom. The number of hydrogen-bond donors (Lipinski definition) is 3. The van der Waals surface area contributed by atoms with E-state index in [-0.39, 0.29) is 0 Å². The molecule has 0 bridgehead atoms. The van der Waals surface area contributed by atoms with E-state index in [9.17, 15) is 15.3 Å². The molecule has 4 nitrogen and oxygen atoms in total. The lowest BCUT2D eigenvalue weighted by Gasteiger charge is -2.24. The first-order valence-electron chi connectivity index (χ1n) is 8.38. The van der Waals surface area contributed by atoms with Crippen molar-refractivity contribution in [2.75, 3.05) is 0 Å². The van der Waals surface area contributed by atoms with E-state index in [1.807, 2.05) is 12.1 Å². The number of aliphatic hydroxyl groups is 3. The van der Waals surface area contributed by atoms with Gasteiger partial charge in [0.1, 0.15) is 11.5 Å². The van der Waals surface area contributed by atoms with Gasteiger partial charge in [-0.05, 0) is 88.6 Å². The quantitative estimate of drug-likeness (QED) is 0.762. The molecule has 0 unspecified atom stereocenters. The first-order chi connectivity index (χ1) is 11.3. The molecule has 0 aromatic heterocycles. The lowest BCUT2D eigenvalue weighted by molar-refractivity contribution is 0.0712. The summed E-state index contributed by atoms with van der Waals surface area (Å²) in [6.45, 7) is 10.2. The van der Waals surface area contributed by atoms with Crippen molar-refractivity contribution in [3.8, 4) is 11.5 Å². The van der Waals surface area contributed by atoms with Gasteiger partial charge in [0.15, 0.2) is 0 Å². The van der Waals surface area contributed by atoms with Crippen LogP contribution in [0.4, 0.5) is 0 Å². The minimum atomic E-state index is -1.05. The highest BCUT2D eigenvalue weighted by atomic mass is 16.5. The van der Waals surface area contributed by atoms with Crippen molar-refractivity contribution in [1.29, 1.82) is 0 Å². The van der Waals surface area contributed by atoms with Gasteiger partial charge in [-0.1, -0.05) is 12.1 Å². The molecule has 25 heavy (non-hydrogen) atoms. The van der Waals surface area contributed by atoms with Gasteiger partial charge in [0, 0.05) is 0 Å². The molecule has 3 N–H and O–H groups in total. The van der Waals surface area contributed by atoms with Crippen LogP contribution in [-0.4, -0.2) is 15.3 Å². The fourth-order valence-electron chi connectivity index (χ4n) is 2.43.